The van der Waals surface area contributed by atoms with Crippen LogP contribution in [0.1, 0.15) is 6.42 Å². The van der Waals surface area contributed by atoms with Gasteiger partial charge >= 0.3 is 23.9 Å². The molecule has 17 heteroatoms. The van der Waals surface area contributed by atoms with Gasteiger partial charge < -0.3 is 40.9 Å². The first-order valence-electron chi connectivity index (χ1n) is 13.4. The van der Waals surface area contributed by atoms with E-state index in [1.54, 1.807) is 14.7 Å². The van der Waals surface area contributed by atoms with Gasteiger partial charge in [-0.05, 0) is 6.42 Å². The molecule has 0 aliphatic carbocycles. The summed E-state index contributed by atoms with van der Waals surface area (Å²) >= 11 is 0. The van der Waals surface area contributed by atoms with Gasteiger partial charge in [-0.2, -0.15) is 0 Å². The second-order valence-electron chi connectivity index (χ2n) is 10.3. The van der Waals surface area contributed by atoms with Crippen molar-refractivity contribution in [1.82, 2.24) is 24.5 Å². The predicted octanol–water partition coefficient (Wildman–Crippen LogP) is -4.68. The van der Waals surface area contributed by atoms with Crippen molar-refractivity contribution in [3.8, 4) is 0 Å². The summed E-state index contributed by atoms with van der Waals surface area (Å²) in [5.74, 6) is -4.41. The molecule has 1 rings (SSSR count). The van der Waals surface area contributed by atoms with Gasteiger partial charge in [0.15, 0.2) is 0 Å². The maximum atomic E-state index is 11.4. The summed E-state index contributed by atoms with van der Waals surface area (Å²) in [6.07, 6.45) is -0.993. The Morgan fingerprint density at radius 2 is 0.951 bits per heavy atom. The first-order chi connectivity index (χ1) is 19.3. The van der Waals surface area contributed by atoms with E-state index in [1.165, 1.54) is 4.90 Å². The monoisotopic (exact) mass is 595 g/mol. The normalized spacial score (nSPS) is 18.5. The van der Waals surface area contributed by atoms with E-state index in [9.17, 15) is 60.0 Å². The zero-order valence-corrected chi connectivity index (χ0v) is 23.3. The number of carboxylic acids is 4. The van der Waals surface area contributed by atoms with Gasteiger partial charge in [-0.1, -0.05) is 0 Å². The Morgan fingerprint density at radius 3 is 1.24 bits per heavy atom. The van der Waals surface area contributed by atoms with Crippen LogP contribution in [-0.4, -0.2) is 212 Å². The summed E-state index contributed by atoms with van der Waals surface area (Å²) in [5, 5.41) is 77.2. The first kappa shape index (κ1) is 36.5. The first-order valence-corrected chi connectivity index (χ1v) is 13.4. The number of aliphatic hydroxyl groups is 4. The molecular formula is C24H45N5O12. The summed E-state index contributed by atoms with van der Waals surface area (Å²) in [6, 6.07) is 0. The van der Waals surface area contributed by atoms with Crippen LogP contribution in [0.5, 0.6) is 0 Å². The lowest BCUT2D eigenvalue weighted by atomic mass is 9.99. The van der Waals surface area contributed by atoms with Gasteiger partial charge in [-0.3, -0.25) is 43.7 Å². The molecule has 41 heavy (non-hydrogen) atoms. The van der Waals surface area contributed by atoms with E-state index in [2.05, 4.69) is 0 Å². The molecule has 0 aromatic heterocycles. The van der Waals surface area contributed by atoms with Crippen molar-refractivity contribution >= 4 is 23.9 Å². The molecule has 0 aromatic carbocycles. The number of carboxylic acid groups (broad SMARTS) is 4. The summed E-state index contributed by atoms with van der Waals surface area (Å²) < 4.78 is 0. The molecule has 1 atom stereocenters. The summed E-state index contributed by atoms with van der Waals surface area (Å²) in [5.41, 5.74) is -1.60. The van der Waals surface area contributed by atoms with Crippen LogP contribution in [0.2, 0.25) is 0 Å². The number of aliphatic hydroxyl groups excluding tert-OH is 4. The van der Waals surface area contributed by atoms with Gasteiger partial charge in [-0.25, -0.2) is 0 Å². The Bertz CT molecular complexity index is 791. The standard InChI is InChI=1S/C24H45N5O12/c30-16-24(17-31,18-32)29(15-23(40)41)2-1-19(33)11-25-3-5-26(12-20(34)35)7-9-28(14-22(38)39)10-8-27(6-4-25)13-21(36)37/h19,30-33H,1-18H2,(H,34,35)(H,36,37)(H,38,39)(H,40,41). The highest BCUT2D eigenvalue weighted by Crippen LogP contribution is 2.16. The van der Waals surface area contributed by atoms with Gasteiger partial charge in [-0.15, -0.1) is 0 Å². The second kappa shape index (κ2) is 18.9. The number of hydrogen-bond acceptors (Lipinski definition) is 13. The predicted molar refractivity (Wildman–Crippen MR) is 142 cm³/mol. The number of aliphatic carboxylic acids is 4. The van der Waals surface area contributed by atoms with E-state index in [4.69, 9.17) is 0 Å². The quantitative estimate of drug-likeness (QED) is 0.0787. The van der Waals surface area contributed by atoms with Crippen molar-refractivity contribution in [2.24, 2.45) is 0 Å². The molecular weight excluding hydrogens is 550 g/mol. The van der Waals surface area contributed by atoms with Crippen LogP contribution in [0.15, 0.2) is 0 Å². The summed E-state index contributed by atoms with van der Waals surface area (Å²) in [4.78, 5) is 53.5. The van der Waals surface area contributed by atoms with Crippen molar-refractivity contribution in [1.29, 1.82) is 0 Å². The van der Waals surface area contributed by atoms with E-state index in [0.29, 0.717) is 13.1 Å². The van der Waals surface area contributed by atoms with Crippen LogP contribution in [-0.2, 0) is 19.2 Å². The van der Waals surface area contributed by atoms with Crippen LogP contribution in [0, 0.1) is 0 Å². The second-order valence-corrected chi connectivity index (χ2v) is 10.3. The molecule has 0 aromatic rings. The molecule has 0 amide bonds. The zero-order chi connectivity index (χ0) is 31.0. The molecule has 238 valence electrons. The Balaban J connectivity index is 3.02. The van der Waals surface area contributed by atoms with Gasteiger partial charge in [0.05, 0.1) is 57.6 Å². The molecule has 1 unspecified atom stereocenters. The van der Waals surface area contributed by atoms with E-state index in [1.807, 2.05) is 4.90 Å². The van der Waals surface area contributed by atoms with Gasteiger partial charge in [0.1, 0.15) is 0 Å². The minimum atomic E-state index is -1.60. The molecule has 1 aliphatic heterocycles. The maximum Gasteiger partial charge on any atom is 0.317 e. The largest absolute Gasteiger partial charge is 0.480 e. The van der Waals surface area contributed by atoms with Crippen LogP contribution < -0.4 is 0 Å². The zero-order valence-electron chi connectivity index (χ0n) is 23.3. The molecule has 1 saturated heterocycles. The van der Waals surface area contributed by atoms with Gasteiger partial charge in [0.25, 0.3) is 0 Å². The van der Waals surface area contributed by atoms with Crippen LogP contribution in [0.25, 0.3) is 0 Å². The number of carbonyl (C=O) groups is 4. The minimum absolute atomic E-state index is 0.0212. The van der Waals surface area contributed by atoms with Gasteiger partial charge in [0, 0.05) is 65.4 Å². The van der Waals surface area contributed by atoms with Crippen molar-refractivity contribution in [3.05, 3.63) is 0 Å². The number of β-amino-alcohol motifs (C(OH)–C–C–N with tert-alkyl or cyclic N) is 1. The molecule has 17 nitrogen and oxygen atoms in total. The number of nitrogens with zero attached hydrogens (tertiary/aromatic N) is 5. The van der Waals surface area contributed by atoms with Crippen LogP contribution in [0.3, 0.4) is 0 Å². The van der Waals surface area contributed by atoms with Crippen molar-refractivity contribution in [3.63, 3.8) is 0 Å². The summed E-state index contributed by atoms with van der Waals surface area (Å²) in [6.45, 7) is -1.38. The third kappa shape index (κ3) is 14.3. The number of rotatable bonds is 17. The van der Waals surface area contributed by atoms with Crippen molar-refractivity contribution in [2.75, 3.05) is 111 Å². The number of hydrogen-bond donors (Lipinski definition) is 8. The molecule has 0 radical (unpaired) electrons. The lowest BCUT2D eigenvalue weighted by Gasteiger charge is -2.40. The Hall–Kier alpha value is -2.48. The van der Waals surface area contributed by atoms with Crippen LogP contribution >= 0.6 is 0 Å². The third-order valence-corrected chi connectivity index (χ3v) is 7.09. The Morgan fingerprint density at radius 1 is 0.610 bits per heavy atom. The smallest absolute Gasteiger partial charge is 0.317 e. The molecule has 0 bridgehead atoms. The summed E-state index contributed by atoms with van der Waals surface area (Å²) in [7, 11) is 0. The fourth-order valence-corrected chi connectivity index (χ4v) is 4.60. The SMILES string of the molecule is O=C(O)CN1CCN(CC(=O)O)CCN(CC(O)CCN(CC(=O)O)C(CO)(CO)CO)CCN(CC(=O)O)CC1. The van der Waals surface area contributed by atoms with E-state index in [-0.39, 0.29) is 78.4 Å². The van der Waals surface area contributed by atoms with E-state index >= 15 is 0 Å². The highest BCUT2D eigenvalue weighted by molar-refractivity contribution is 5.70. The van der Waals surface area contributed by atoms with Crippen molar-refractivity contribution in [2.45, 2.75) is 18.1 Å². The average molecular weight is 596 g/mol. The molecule has 0 spiro atoms. The fourth-order valence-electron chi connectivity index (χ4n) is 4.60. The van der Waals surface area contributed by atoms with Crippen LogP contribution in [0.4, 0.5) is 0 Å². The average Bonchev–Trinajstić information content (AvgIpc) is 2.88. The third-order valence-electron chi connectivity index (χ3n) is 7.09. The molecule has 1 aliphatic rings. The highest BCUT2D eigenvalue weighted by atomic mass is 16.4. The Kier molecular flexibility index (Phi) is 16.8. The fraction of sp³-hybridized carbons (Fsp3) is 0.833. The van der Waals surface area contributed by atoms with E-state index < -0.39 is 61.9 Å². The lowest BCUT2D eigenvalue weighted by Crippen LogP contribution is -2.59. The van der Waals surface area contributed by atoms with Gasteiger partial charge in [0.2, 0.25) is 0 Å². The molecule has 1 heterocycles. The highest BCUT2D eigenvalue weighted by Gasteiger charge is 2.36. The lowest BCUT2D eigenvalue weighted by molar-refractivity contribution is -0.143. The minimum Gasteiger partial charge on any atom is -0.480 e. The molecule has 8 N–H and O–H groups in total. The maximum absolute atomic E-state index is 11.4. The topological polar surface area (TPSA) is 246 Å². The van der Waals surface area contributed by atoms with Crippen molar-refractivity contribution < 1.29 is 60.0 Å². The molecule has 1 fully saturated rings. The Labute approximate surface area is 238 Å². The molecule has 0 saturated carbocycles. The van der Waals surface area contributed by atoms with E-state index in [0.717, 1.165) is 0 Å².